The summed E-state index contributed by atoms with van der Waals surface area (Å²) in [5, 5.41) is 17.9. The maximum Gasteiger partial charge on any atom is 0.296 e. The van der Waals surface area contributed by atoms with Crippen LogP contribution in [-0.2, 0) is 74.8 Å². The van der Waals surface area contributed by atoms with Gasteiger partial charge in [-0.15, -0.1) is 0 Å². The summed E-state index contributed by atoms with van der Waals surface area (Å²) in [6.45, 7) is 0. The molecule has 4 aromatic heterocycles. The van der Waals surface area contributed by atoms with Crippen LogP contribution in [0, 0.1) is 11.8 Å². The first-order valence-electron chi connectivity index (χ1n) is 39.3. The Morgan fingerprint density at radius 1 is 0.364 bits per heavy atom. The molecule has 129 heavy (non-hydrogen) atoms. The minimum atomic E-state index is -5.46. The van der Waals surface area contributed by atoms with Gasteiger partial charge >= 0.3 is 0 Å². The standard InChI is InChI=1S/C83H76N16O24S6/c1-96(2)82-92-78(90-80(94-82)88-56-36-54(60(126(112,113)114)38-62(56)128(118,119)120)86-52-29-31-58-68-64(48-17-7-9-19-50(48)74(102)66(52)68)70(76(104)98(58)5)72(100)42-13-11-15-46(34-42)124(106,107)108)84-44-25-21-40(22-26-44)33-41-23-27-45(28-24-41)85-79-91-81(95-83(93-79)97(3)4)89-57-37-55(61(127(115,116)117)39-63(57)129(121,122)123)87-53-30-32-59-69-65(49-18-8-10-20-51(49)75(103)67(53)69)71(77(105)99(59)6)73(101)43-14-12-16-47(35-43)125(109,110)111/h7-20,29-32,34-41,44-45,86-87H,21-28,33H2,1-6H3,(H,106,107,108)(H,109,110,111)(H,112,113,114)(H,115,116,117)(H,118,119,120)(H,121,122,123)(H2,84,88,90,92,94)(H2,85,89,91,93,95). The van der Waals surface area contributed by atoms with E-state index in [2.05, 4.69) is 61.8 Å². The average molecular weight is 1870 g/mol. The van der Waals surface area contributed by atoms with Crippen LogP contribution in [-0.4, -0.2) is 180 Å². The van der Waals surface area contributed by atoms with Crippen LogP contribution in [0.25, 0.3) is 44.1 Å². The third-order valence-corrected chi connectivity index (χ3v) is 28.4. The van der Waals surface area contributed by atoms with E-state index in [1.165, 1.54) is 109 Å². The van der Waals surface area contributed by atoms with Crippen LogP contribution >= 0.6 is 0 Å². The highest BCUT2D eigenvalue weighted by Gasteiger charge is 2.40. The fourth-order valence-electron chi connectivity index (χ4n) is 17.0. The molecular weight excluding hydrogens is 1800 g/mol. The van der Waals surface area contributed by atoms with E-state index in [1.807, 2.05) is 0 Å². The molecule has 40 nitrogen and oxygen atoms in total. The van der Waals surface area contributed by atoms with Gasteiger partial charge in [-0.1, -0.05) is 72.8 Å². The SMILES string of the molecule is CN(C)c1nc(Nc2cc(Nc3ccc4c5c3C(=O)c3ccccc3-c5c(C(=O)c3cccc(S(=O)(=O)O)c3)c(=O)n4C)c(S(=O)(=O)O)cc2S(=O)(=O)O)nc(NC2CCC(CC3CCC(Nc4nc(Nc5cc(Nc6ccc7c8c6C(=O)c6ccccc6-c8c(C(=O)c6cccc(S(=O)(=O)O)c6)c(=O)n7C)c(S(=O)(=O)O)cc5S(=O)(=O)O)nc(N(C)C)n4)CC3)CC2)n1. The lowest BCUT2D eigenvalue weighted by molar-refractivity contribution is 0.102. The topological polar surface area (TPSA) is 594 Å². The average Bonchev–Trinajstić information content (AvgIpc) is 0.708. The molecule has 0 saturated heterocycles. The number of nitrogens with zero attached hydrogens (tertiary/aromatic N) is 10. The molecule has 0 bridgehead atoms. The van der Waals surface area contributed by atoms with Crippen molar-refractivity contribution in [2.75, 3.05) is 69.9 Å². The highest BCUT2D eigenvalue weighted by atomic mass is 32.2. The quantitative estimate of drug-likeness (QED) is 0.0177. The van der Waals surface area contributed by atoms with Gasteiger partial charge in [0.2, 0.25) is 35.7 Å². The fraction of sp³-hybridized carbons (Fsp3) is 0.229. The molecule has 668 valence electrons. The first-order chi connectivity index (χ1) is 60.7. The Labute approximate surface area is 734 Å². The lowest BCUT2D eigenvalue weighted by atomic mass is 9.75. The normalized spacial score (nSPS) is 16.4. The van der Waals surface area contributed by atoms with Gasteiger partial charge in [-0.3, -0.25) is 56.1 Å². The summed E-state index contributed by atoms with van der Waals surface area (Å²) in [5.41, 5.74) is -6.44. The fourth-order valence-corrected chi connectivity index (χ4v) is 20.9. The Morgan fingerprint density at radius 3 is 1.02 bits per heavy atom. The second kappa shape index (κ2) is 33.1. The Hall–Kier alpha value is -13.3. The van der Waals surface area contributed by atoms with E-state index in [0.717, 1.165) is 77.6 Å². The van der Waals surface area contributed by atoms with Crippen LogP contribution in [0.4, 0.5) is 69.8 Å². The van der Waals surface area contributed by atoms with E-state index < -0.39 is 158 Å². The van der Waals surface area contributed by atoms with Crippen molar-refractivity contribution in [3.05, 3.63) is 211 Å². The lowest BCUT2D eigenvalue weighted by Gasteiger charge is -2.34. The molecule has 16 rings (SSSR count). The first-order valence-corrected chi connectivity index (χ1v) is 48.0. The van der Waals surface area contributed by atoms with Crippen LogP contribution in [0.5, 0.6) is 0 Å². The zero-order chi connectivity index (χ0) is 92.5. The summed E-state index contributed by atoms with van der Waals surface area (Å²) >= 11 is 0. The molecule has 46 heteroatoms. The van der Waals surface area contributed by atoms with Crippen molar-refractivity contribution in [3.8, 4) is 22.3 Å². The van der Waals surface area contributed by atoms with Crippen molar-refractivity contribution in [2.45, 2.75) is 99.2 Å². The maximum absolute atomic E-state index is 14.9. The van der Waals surface area contributed by atoms with E-state index in [0.29, 0.717) is 49.7 Å². The number of benzene rings is 8. The third kappa shape index (κ3) is 17.3. The number of ketones is 4. The first kappa shape index (κ1) is 89.1. The number of rotatable bonds is 26. The zero-order valence-electron chi connectivity index (χ0n) is 68.5. The summed E-state index contributed by atoms with van der Waals surface area (Å²) in [6.07, 6.45) is 6.61. The van der Waals surface area contributed by atoms with Gasteiger partial charge in [0.15, 0.2) is 23.1 Å². The van der Waals surface area contributed by atoms with E-state index in [4.69, 9.17) is 0 Å². The molecule has 0 atom stereocenters. The minimum absolute atomic E-state index is 0.0145. The predicted molar refractivity (Wildman–Crippen MR) is 472 cm³/mol. The van der Waals surface area contributed by atoms with Gasteiger partial charge in [0.05, 0.1) is 77.2 Å². The van der Waals surface area contributed by atoms with E-state index in [1.54, 1.807) is 40.3 Å². The molecule has 12 aromatic rings. The monoisotopic (exact) mass is 1870 g/mol. The molecule has 2 saturated carbocycles. The van der Waals surface area contributed by atoms with E-state index in [9.17, 15) is 107 Å². The van der Waals surface area contributed by atoms with Crippen LogP contribution in [0.15, 0.2) is 185 Å². The van der Waals surface area contributed by atoms with Gasteiger partial charge < -0.3 is 50.8 Å². The van der Waals surface area contributed by atoms with Crippen molar-refractivity contribution in [2.24, 2.45) is 25.9 Å². The summed E-state index contributed by atoms with van der Waals surface area (Å²) in [7, 11) is -22.4. The molecule has 4 aliphatic rings. The summed E-state index contributed by atoms with van der Waals surface area (Å²) in [6, 6.07) is 28.1. The Bertz CT molecular complexity index is 7320. The largest absolute Gasteiger partial charge is 0.354 e. The molecule has 12 N–H and O–H groups in total. The number of aryl methyl sites for hydroxylation is 2. The van der Waals surface area contributed by atoms with Gasteiger partial charge in [-0.2, -0.15) is 80.4 Å². The summed E-state index contributed by atoms with van der Waals surface area (Å²) in [4.78, 5) is 113. The van der Waals surface area contributed by atoms with Gasteiger partial charge in [-0.05, 0) is 154 Å². The van der Waals surface area contributed by atoms with Crippen LogP contribution in [0.3, 0.4) is 0 Å². The van der Waals surface area contributed by atoms with Crippen molar-refractivity contribution in [1.82, 2.24) is 39.0 Å². The Balaban J connectivity index is 0.616. The third-order valence-electron chi connectivity index (χ3n) is 23.1. The molecule has 4 heterocycles. The Kier molecular flexibility index (Phi) is 22.9. The van der Waals surface area contributed by atoms with Crippen LogP contribution < -0.4 is 52.8 Å². The predicted octanol–water partition coefficient (Wildman–Crippen LogP) is 10.3. The van der Waals surface area contributed by atoms with Crippen molar-refractivity contribution in [1.29, 1.82) is 0 Å². The molecule has 2 fully saturated rings. The van der Waals surface area contributed by atoms with Crippen LogP contribution in [0.2, 0.25) is 0 Å². The number of hydrogen-bond acceptors (Lipinski definition) is 32. The zero-order valence-corrected chi connectivity index (χ0v) is 73.4. The van der Waals surface area contributed by atoms with Crippen molar-refractivity contribution < 1.29 is 97.0 Å². The lowest BCUT2D eigenvalue weighted by Crippen LogP contribution is -2.30. The smallest absolute Gasteiger partial charge is 0.296 e. The summed E-state index contributed by atoms with van der Waals surface area (Å²) < 4.78 is 221. The molecule has 8 aromatic carbocycles. The van der Waals surface area contributed by atoms with Crippen molar-refractivity contribution in [3.63, 3.8) is 0 Å². The van der Waals surface area contributed by atoms with Gasteiger partial charge in [0, 0.05) is 98.5 Å². The molecule has 0 unspecified atom stereocenters. The van der Waals surface area contributed by atoms with Crippen LogP contribution in [0.1, 0.15) is 121 Å². The number of nitrogens with one attached hydrogen (secondary N) is 6. The number of carbonyl (C=O) groups excluding carboxylic acids is 4. The maximum atomic E-state index is 14.9. The van der Waals surface area contributed by atoms with Gasteiger partial charge in [0.1, 0.15) is 19.6 Å². The number of hydrogen-bond donors (Lipinski definition) is 12. The number of fused-ring (bicyclic) bond motifs is 4. The highest BCUT2D eigenvalue weighted by Crippen LogP contribution is 2.49. The molecular formula is C83H76N16O24S6. The Morgan fingerprint density at radius 2 is 0.690 bits per heavy atom. The van der Waals surface area contributed by atoms with Crippen molar-refractivity contribution >= 4 is 175 Å². The number of carbonyl (C=O) groups is 4. The van der Waals surface area contributed by atoms with E-state index >= 15 is 0 Å². The second-order valence-corrected chi connectivity index (χ2v) is 40.2. The summed E-state index contributed by atoms with van der Waals surface area (Å²) in [5.74, 6) is -3.33. The number of aromatic nitrogens is 8. The minimum Gasteiger partial charge on any atom is -0.354 e. The van der Waals surface area contributed by atoms with E-state index in [-0.39, 0.29) is 137 Å². The molecule has 0 spiro atoms. The van der Waals surface area contributed by atoms with Gasteiger partial charge in [-0.25, -0.2) is 0 Å². The molecule has 4 aliphatic carbocycles. The second-order valence-electron chi connectivity index (χ2n) is 31.8. The highest BCUT2D eigenvalue weighted by molar-refractivity contribution is 7.87. The molecule has 0 amide bonds. The molecule has 0 aliphatic heterocycles. The number of anilines is 12. The molecule has 0 radical (unpaired) electrons. The number of pyridine rings is 2. The van der Waals surface area contributed by atoms with Gasteiger partial charge in [0.25, 0.3) is 71.8 Å².